The van der Waals surface area contributed by atoms with Gasteiger partial charge in [-0.1, -0.05) is 36.8 Å². The number of aromatic amines is 1. The fourth-order valence-corrected chi connectivity index (χ4v) is 3.66. The predicted molar refractivity (Wildman–Crippen MR) is 94.9 cm³/mol. The molecular formula is C20H26N2. The summed E-state index contributed by atoms with van der Waals surface area (Å²) in [6, 6.07) is 9.35. The van der Waals surface area contributed by atoms with Crippen LogP contribution in [0.4, 0.5) is 0 Å². The molecule has 2 aromatic rings. The number of fused-ring (bicyclic) bond motifs is 1. The SMILES string of the molecule is C/C=C\C(=C/C)C1CCCCN1Cc1cccc2[nH]ccc12. The minimum absolute atomic E-state index is 0.559. The Morgan fingerprint density at radius 3 is 3.00 bits per heavy atom. The summed E-state index contributed by atoms with van der Waals surface area (Å²) in [5, 5.41) is 1.36. The van der Waals surface area contributed by atoms with Gasteiger partial charge in [0.05, 0.1) is 0 Å². The number of rotatable bonds is 4. The van der Waals surface area contributed by atoms with Gasteiger partial charge in [-0.05, 0) is 56.5 Å². The van der Waals surface area contributed by atoms with Crippen molar-refractivity contribution in [3.05, 3.63) is 59.8 Å². The zero-order chi connectivity index (χ0) is 15.4. The molecule has 0 radical (unpaired) electrons. The highest BCUT2D eigenvalue weighted by molar-refractivity contribution is 5.82. The zero-order valence-electron chi connectivity index (χ0n) is 13.7. The molecule has 1 N–H and O–H groups in total. The van der Waals surface area contributed by atoms with Crippen LogP contribution in [0.25, 0.3) is 10.9 Å². The monoisotopic (exact) mass is 294 g/mol. The van der Waals surface area contributed by atoms with Gasteiger partial charge in [0.25, 0.3) is 0 Å². The summed E-state index contributed by atoms with van der Waals surface area (Å²) in [6.45, 7) is 6.50. The third kappa shape index (κ3) is 3.02. The van der Waals surface area contributed by atoms with E-state index in [-0.39, 0.29) is 0 Å². The molecule has 2 heteroatoms. The lowest BCUT2D eigenvalue weighted by atomic mass is 9.93. The number of allylic oxidation sites excluding steroid dienone is 2. The highest BCUT2D eigenvalue weighted by Crippen LogP contribution is 2.27. The zero-order valence-corrected chi connectivity index (χ0v) is 13.7. The van der Waals surface area contributed by atoms with Gasteiger partial charge in [-0.2, -0.15) is 0 Å². The molecule has 22 heavy (non-hydrogen) atoms. The molecule has 2 heterocycles. The molecule has 1 aliphatic rings. The van der Waals surface area contributed by atoms with Crippen LogP contribution in [-0.4, -0.2) is 22.5 Å². The number of benzene rings is 1. The largest absolute Gasteiger partial charge is 0.361 e. The van der Waals surface area contributed by atoms with Crippen LogP contribution >= 0.6 is 0 Å². The van der Waals surface area contributed by atoms with Crippen molar-refractivity contribution in [3.63, 3.8) is 0 Å². The summed E-state index contributed by atoms with van der Waals surface area (Å²) in [5.74, 6) is 0. The smallest absolute Gasteiger partial charge is 0.0457 e. The van der Waals surface area contributed by atoms with Crippen LogP contribution in [0.15, 0.2) is 54.3 Å². The van der Waals surface area contributed by atoms with E-state index in [1.807, 2.05) is 6.20 Å². The number of H-pyrrole nitrogens is 1. The lowest BCUT2D eigenvalue weighted by molar-refractivity contribution is 0.166. The van der Waals surface area contributed by atoms with Crippen molar-refractivity contribution in [2.45, 2.75) is 45.7 Å². The summed E-state index contributed by atoms with van der Waals surface area (Å²) in [4.78, 5) is 5.97. The van der Waals surface area contributed by atoms with E-state index >= 15 is 0 Å². The van der Waals surface area contributed by atoms with Gasteiger partial charge in [-0.25, -0.2) is 0 Å². The van der Waals surface area contributed by atoms with Crippen molar-refractivity contribution in [2.75, 3.05) is 6.54 Å². The first-order chi connectivity index (χ1) is 10.8. The van der Waals surface area contributed by atoms with E-state index in [2.05, 4.69) is 66.2 Å². The Hall–Kier alpha value is -1.80. The molecule has 0 bridgehead atoms. The highest BCUT2D eigenvalue weighted by atomic mass is 15.2. The van der Waals surface area contributed by atoms with E-state index < -0.39 is 0 Å². The van der Waals surface area contributed by atoms with Crippen LogP contribution in [0.1, 0.15) is 38.7 Å². The number of nitrogens with zero attached hydrogens (tertiary/aromatic N) is 1. The van der Waals surface area contributed by atoms with Crippen LogP contribution in [0.2, 0.25) is 0 Å². The summed E-state index contributed by atoms with van der Waals surface area (Å²) in [6.07, 6.45) is 12.7. The topological polar surface area (TPSA) is 19.0 Å². The summed E-state index contributed by atoms with van der Waals surface area (Å²) in [5.41, 5.74) is 4.13. The number of nitrogens with one attached hydrogen (secondary N) is 1. The maximum Gasteiger partial charge on any atom is 0.0457 e. The van der Waals surface area contributed by atoms with Crippen molar-refractivity contribution in [1.82, 2.24) is 9.88 Å². The summed E-state index contributed by atoms with van der Waals surface area (Å²) >= 11 is 0. The first-order valence-electron chi connectivity index (χ1n) is 8.41. The number of likely N-dealkylation sites (tertiary alicyclic amines) is 1. The van der Waals surface area contributed by atoms with Gasteiger partial charge in [0.1, 0.15) is 0 Å². The van der Waals surface area contributed by atoms with Crippen LogP contribution in [0, 0.1) is 0 Å². The molecular weight excluding hydrogens is 268 g/mol. The van der Waals surface area contributed by atoms with Crippen molar-refractivity contribution in [1.29, 1.82) is 0 Å². The second kappa shape index (κ2) is 6.97. The Bertz CT molecular complexity index is 678. The second-order valence-electron chi connectivity index (χ2n) is 6.13. The third-order valence-corrected chi connectivity index (χ3v) is 4.75. The predicted octanol–water partition coefficient (Wildman–Crippen LogP) is 5.04. The molecule has 2 nitrogen and oxygen atoms in total. The number of aromatic nitrogens is 1. The molecule has 0 spiro atoms. The lowest BCUT2D eigenvalue weighted by Crippen LogP contribution is -2.39. The molecule has 1 aliphatic heterocycles. The van der Waals surface area contributed by atoms with Crippen LogP contribution in [0.3, 0.4) is 0 Å². The Balaban J connectivity index is 1.87. The Morgan fingerprint density at radius 1 is 1.27 bits per heavy atom. The minimum Gasteiger partial charge on any atom is -0.361 e. The Morgan fingerprint density at radius 2 is 2.18 bits per heavy atom. The fourth-order valence-electron chi connectivity index (χ4n) is 3.66. The van der Waals surface area contributed by atoms with Crippen molar-refractivity contribution in [2.24, 2.45) is 0 Å². The number of piperidine rings is 1. The van der Waals surface area contributed by atoms with Crippen LogP contribution in [0.5, 0.6) is 0 Å². The first-order valence-corrected chi connectivity index (χ1v) is 8.41. The highest BCUT2D eigenvalue weighted by Gasteiger charge is 2.24. The van der Waals surface area contributed by atoms with E-state index in [4.69, 9.17) is 0 Å². The van der Waals surface area contributed by atoms with Crippen molar-refractivity contribution < 1.29 is 0 Å². The van der Waals surface area contributed by atoms with Gasteiger partial charge >= 0.3 is 0 Å². The normalized spacial score (nSPS) is 21.0. The summed E-state index contributed by atoms with van der Waals surface area (Å²) < 4.78 is 0. The maximum atomic E-state index is 3.32. The molecule has 3 rings (SSSR count). The van der Waals surface area contributed by atoms with Gasteiger partial charge in [0.2, 0.25) is 0 Å². The second-order valence-corrected chi connectivity index (χ2v) is 6.13. The number of hydrogen-bond acceptors (Lipinski definition) is 1. The standard InChI is InChI=1S/C20H26N2/c1-3-8-16(4-2)20-11-5-6-14-22(20)15-17-9-7-10-19-18(17)12-13-21-19/h3-4,7-10,12-13,20-21H,5-6,11,14-15H2,1-2H3/b8-3-,16-4+. The lowest BCUT2D eigenvalue weighted by Gasteiger charge is -2.36. The third-order valence-electron chi connectivity index (χ3n) is 4.75. The van der Waals surface area contributed by atoms with Gasteiger partial charge in [-0.15, -0.1) is 0 Å². The van der Waals surface area contributed by atoms with E-state index in [9.17, 15) is 0 Å². The molecule has 1 atom stereocenters. The quantitative estimate of drug-likeness (QED) is 0.782. The van der Waals surface area contributed by atoms with Crippen molar-refractivity contribution >= 4 is 10.9 Å². The molecule has 0 saturated carbocycles. The molecule has 1 unspecified atom stereocenters. The van der Waals surface area contributed by atoms with E-state index in [0.717, 1.165) is 6.54 Å². The van der Waals surface area contributed by atoms with Crippen LogP contribution < -0.4 is 0 Å². The Kier molecular flexibility index (Phi) is 4.79. The van der Waals surface area contributed by atoms with E-state index in [1.165, 1.54) is 47.8 Å². The fraction of sp³-hybridized carbons (Fsp3) is 0.400. The van der Waals surface area contributed by atoms with Gasteiger partial charge in [0, 0.05) is 29.7 Å². The molecule has 1 aromatic heterocycles. The molecule has 1 aromatic carbocycles. The van der Waals surface area contributed by atoms with Gasteiger partial charge in [-0.3, -0.25) is 4.90 Å². The first kappa shape index (κ1) is 15.1. The molecule has 1 fully saturated rings. The molecule has 0 amide bonds. The minimum atomic E-state index is 0.559. The number of hydrogen-bond donors (Lipinski definition) is 1. The average molecular weight is 294 g/mol. The summed E-state index contributed by atoms with van der Waals surface area (Å²) in [7, 11) is 0. The van der Waals surface area contributed by atoms with Gasteiger partial charge < -0.3 is 4.98 Å². The molecule has 0 aliphatic carbocycles. The van der Waals surface area contributed by atoms with Gasteiger partial charge in [0.15, 0.2) is 0 Å². The maximum absolute atomic E-state index is 3.32. The average Bonchev–Trinajstić information content (AvgIpc) is 3.03. The van der Waals surface area contributed by atoms with E-state index in [1.54, 1.807) is 0 Å². The van der Waals surface area contributed by atoms with Crippen LogP contribution in [-0.2, 0) is 6.54 Å². The van der Waals surface area contributed by atoms with E-state index in [0.29, 0.717) is 6.04 Å². The Labute approximate surface area is 133 Å². The molecule has 1 saturated heterocycles. The van der Waals surface area contributed by atoms with Crippen molar-refractivity contribution in [3.8, 4) is 0 Å². The molecule has 116 valence electrons.